The molecule has 1 fully saturated rings. The summed E-state index contributed by atoms with van der Waals surface area (Å²) in [7, 11) is 0. The van der Waals surface area contributed by atoms with Gasteiger partial charge in [0.1, 0.15) is 5.60 Å². The van der Waals surface area contributed by atoms with Gasteiger partial charge in [-0.2, -0.15) is 5.10 Å². The first-order chi connectivity index (χ1) is 12.3. The van der Waals surface area contributed by atoms with E-state index in [1.165, 1.54) is 0 Å². The molecule has 2 rings (SSSR count). The molecule has 1 saturated carbocycles. The molecule has 0 aliphatic heterocycles. The summed E-state index contributed by atoms with van der Waals surface area (Å²) in [5, 5.41) is 6.94. The Morgan fingerprint density at radius 3 is 2.81 bits per heavy atom. The minimum Gasteiger partial charge on any atom is -0.466 e. The molecule has 0 aromatic carbocycles. The number of alkyl carbamates (subject to hydrolysis) is 1. The first kappa shape index (κ1) is 20.2. The van der Waals surface area contributed by atoms with E-state index >= 15 is 0 Å². The van der Waals surface area contributed by atoms with Gasteiger partial charge in [0.15, 0.2) is 0 Å². The fourth-order valence-electron chi connectivity index (χ4n) is 2.57. The normalized spacial score (nSPS) is 19.1. The van der Waals surface area contributed by atoms with Crippen molar-refractivity contribution < 1.29 is 23.8 Å². The lowest BCUT2D eigenvalue weighted by atomic mass is 10.2. The number of amides is 1. The van der Waals surface area contributed by atoms with Crippen LogP contribution in [0.25, 0.3) is 0 Å². The molecule has 0 bridgehead atoms. The summed E-state index contributed by atoms with van der Waals surface area (Å²) in [4.78, 5) is 23.1. The minimum atomic E-state index is -0.503. The number of aromatic nitrogens is 2. The minimum absolute atomic E-state index is 0.0252. The second-order valence-electron chi connectivity index (χ2n) is 7.28. The smallest absolute Gasteiger partial charge is 0.407 e. The third kappa shape index (κ3) is 6.67. The van der Waals surface area contributed by atoms with Crippen LogP contribution < -0.4 is 5.32 Å². The van der Waals surface area contributed by atoms with Gasteiger partial charge in [-0.3, -0.25) is 9.48 Å². The number of ether oxygens (including phenoxy) is 3. The first-order valence-electron chi connectivity index (χ1n) is 9.03. The van der Waals surface area contributed by atoms with Crippen molar-refractivity contribution in [3.8, 4) is 0 Å². The molecule has 0 spiro atoms. The topological polar surface area (TPSA) is 91.7 Å². The molecule has 1 aliphatic carbocycles. The number of rotatable bonds is 9. The van der Waals surface area contributed by atoms with E-state index in [0.29, 0.717) is 32.9 Å². The number of esters is 1. The van der Waals surface area contributed by atoms with Gasteiger partial charge in [0.05, 0.1) is 38.5 Å². The SMILES string of the molecule is CCOC(=O)[C@@H]1C[C@H]1c1cnn(CCOCCNC(=O)OC(C)(C)C)c1. The zero-order valence-corrected chi connectivity index (χ0v) is 16.0. The molecule has 1 N–H and O–H groups in total. The maximum Gasteiger partial charge on any atom is 0.407 e. The van der Waals surface area contributed by atoms with E-state index in [9.17, 15) is 9.59 Å². The van der Waals surface area contributed by atoms with Gasteiger partial charge >= 0.3 is 12.1 Å². The van der Waals surface area contributed by atoms with E-state index in [1.54, 1.807) is 10.9 Å². The monoisotopic (exact) mass is 367 g/mol. The molecular weight excluding hydrogens is 338 g/mol. The van der Waals surface area contributed by atoms with Crippen LogP contribution in [0.3, 0.4) is 0 Å². The average Bonchev–Trinajstić information content (AvgIpc) is 3.21. The van der Waals surface area contributed by atoms with Crippen molar-refractivity contribution in [3.63, 3.8) is 0 Å². The molecule has 8 heteroatoms. The Morgan fingerprint density at radius 1 is 1.35 bits per heavy atom. The van der Waals surface area contributed by atoms with E-state index in [1.807, 2.05) is 33.9 Å². The number of carbonyl (C=O) groups is 2. The van der Waals surface area contributed by atoms with E-state index in [0.717, 1.165) is 12.0 Å². The van der Waals surface area contributed by atoms with Gasteiger partial charge in [0.25, 0.3) is 0 Å². The highest BCUT2D eigenvalue weighted by atomic mass is 16.6. The Hall–Kier alpha value is -2.09. The number of hydrogen-bond acceptors (Lipinski definition) is 6. The predicted molar refractivity (Wildman–Crippen MR) is 94.8 cm³/mol. The van der Waals surface area contributed by atoms with E-state index in [2.05, 4.69) is 10.4 Å². The Labute approximate surface area is 154 Å². The number of hydrogen-bond donors (Lipinski definition) is 1. The molecule has 0 saturated heterocycles. The van der Waals surface area contributed by atoms with Gasteiger partial charge in [0.2, 0.25) is 0 Å². The van der Waals surface area contributed by atoms with Crippen molar-refractivity contribution in [3.05, 3.63) is 18.0 Å². The predicted octanol–water partition coefficient (Wildman–Crippen LogP) is 2.09. The summed E-state index contributed by atoms with van der Waals surface area (Å²) >= 11 is 0. The van der Waals surface area contributed by atoms with Gasteiger partial charge in [-0.05, 0) is 39.7 Å². The third-order valence-electron chi connectivity index (χ3n) is 3.84. The Bertz CT molecular complexity index is 608. The quantitative estimate of drug-likeness (QED) is 0.531. The Morgan fingerprint density at radius 2 is 2.12 bits per heavy atom. The molecule has 0 unspecified atom stereocenters. The van der Waals surface area contributed by atoms with Crippen LogP contribution in [-0.2, 0) is 25.5 Å². The summed E-state index contributed by atoms with van der Waals surface area (Å²) in [5.41, 5.74) is 0.561. The fourth-order valence-corrected chi connectivity index (χ4v) is 2.57. The van der Waals surface area contributed by atoms with Crippen LogP contribution in [0.1, 0.15) is 45.6 Å². The highest BCUT2D eigenvalue weighted by Gasteiger charge is 2.45. The number of carbonyl (C=O) groups excluding carboxylic acids is 2. The molecular formula is C18H29N3O5. The first-order valence-corrected chi connectivity index (χ1v) is 9.03. The number of nitrogens with zero attached hydrogens (tertiary/aromatic N) is 2. The van der Waals surface area contributed by atoms with Gasteiger partial charge in [-0.25, -0.2) is 4.79 Å². The average molecular weight is 367 g/mol. The Balaban J connectivity index is 1.58. The molecule has 8 nitrogen and oxygen atoms in total. The molecule has 1 aromatic rings. The van der Waals surface area contributed by atoms with Crippen LogP contribution in [0, 0.1) is 5.92 Å². The standard InChI is InChI=1S/C18H29N3O5/c1-5-25-16(22)15-10-14(15)13-11-20-21(12-13)7-9-24-8-6-19-17(23)26-18(2,3)4/h11-12,14-15H,5-10H2,1-4H3,(H,19,23)/t14-,15+/m0/s1. The van der Waals surface area contributed by atoms with Crippen molar-refractivity contribution in [1.82, 2.24) is 15.1 Å². The molecule has 1 aromatic heterocycles. The molecule has 1 heterocycles. The van der Waals surface area contributed by atoms with E-state index in [4.69, 9.17) is 14.2 Å². The van der Waals surface area contributed by atoms with Gasteiger partial charge in [-0.1, -0.05) is 0 Å². The largest absolute Gasteiger partial charge is 0.466 e. The van der Waals surface area contributed by atoms with Gasteiger partial charge in [-0.15, -0.1) is 0 Å². The van der Waals surface area contributed by atoms with Crippen LogP contribution >= 0.6 is 0 Å². The zero-order valence-electron chi connectivity index (χ0n) is 16.0. The van der Waals surface area contributed by atoms with Crippen LogP contribution in [0.5, 0.6) is 0 Å². The van der Waals surface area contributed by atoms with Crippen LogP contribution in [0.2, 0.25) is 0 Å². The highest BCUT2D eigenvalue weighted by Crippen LogP contribution is 2.47. The Kier molecular flexibility index (Phi) is 7.02. The van der Waals surface area contributed by atoms with Crippen molar-refractivity contribution >= 4 is 12.1 Å². The lowest BCUT2D eigenvalue weighted by Crippen LogP contribution is -2.34. The lowest BCUT2D eigenvalue weighted by molar-refractivity contribution is -0.144. The zero-order chi connectivity index (χ0) is 19.2. The molecule has 0 radical (unpaired) electrons. The molecule has 146 valence electrons. The van der Waals surface area contributed by atoms with Crippen molar-refractivity contribution in [2.24, 2.45) is 5.92 Å². The summed E-state index contributed by atoms with van der Waals surface area (Å²) in [6, 6.07) is 0. The van der Waals surface area contributed by atoms with E-state index in [-0.39, 0.29) is 17.8 Å². The summed E-state index contributed by atoms with van der Waals surface area (Å²) in [6.07, 6.45) is 4.13. The van der Waals surface area contributed by atoms with Crippen LogP contribution in [0.4, 0.5) is 4.79 Å². The van der Waals surface area contributed by atoms with E-state index < -0.39 is 11.7 Å². The van der Waals surface area contributed by atoms with Crippen LogP contribution in [0.15, 0.2) is 12.4 Å². The van der Waals surface area contributed by atoms with Crippen molar-refractivity contribution in [1.29, 1.82) is 0 Å². The van der Waals surface area contributed by atoms with Crippen molar-refractivity contribution in [2.75, 3.05) is 26.4 Å². The second-order valence-corrected chi connectivity index (χ2v) is 7.28. The molecule has 1 amide bonds. The maximum absolute atomic E-state index is 11.7. The third-order valence-corrected chi connectivity index (χ3v) is 3.84. The molecule has 2 atom stereocenters. The van der Waals surface area contributed by atoms with Gasteiger partial charge < -0.3 is 19.5 Å². The van der Waals surface area contributed by atoms with Crippen LogP contribution in [-0.4, -0.2) is 53.8 Å². The highest BCUT2D eigenvalue weighted by molar-refractivity contribution is 5.77. The number of nitrogens with one attached hydrogen (secondary N) is 1. The summed E-state index contributed by atoms with van der Waals surface area (Å²) in [6.45, 7) is 9.58. The summed E-state index contributed by atoms with van der Waals surface area (Å²) in [5.74, 6) is 0.0793. The maximum atomic E-state index is 11.7. The van der Waals surface area contributed by atoms with Crippen molar-refractivity contribution in [2.45, 2.75) is 52.2 Å². The van der Waals surface area contributed by atoms with Gasteiger partial charge in [0, 0.05) is 18.7 Å². The molecule has 26 heavy (non-hydrogen) atoms. The molecule has 1 aliphatic rings. The fraction of sp³-hybridized carbons (Fsp3) is 0.722. The second kappa shape index (κ2) is 9.02. The summed E-state index contributed by atoms with van der Waals surface area (Å²) < 4.78 is 17.5. The lowest BCUT2D eigenvalue weighted by Gasteiger charge is -2.19.